The maximum Gasteiger partial charge on any atom is 0.335 e. The number of benzene rings is 1. The molecule has 0 unspecified atom stereocenters. The first kappa shape index (κ1) is 13.9. The van der Waals surface area contributed by atoms with Gasteiger partial charge in [0, 0.05) is 11.9 Å². The van der Waals surface area contributed by atoms with Crippen LogP contribution in [0.2, 0.25) is 0 Å². The molecule has 0 atom stereocenters. The van der Waals surface area contributed by atoms with E-state index in [9.17, 15) is 14.9 Å². The molecule has 0 fully saturated rings. The molecule has 1 heterocycles. The summed E-state index contributed by atoms with van der Waals surface area (Å²) in [7, 11) is 0. The molecule has 0 aliphatic rings. The van der Waals surface area contributed by atoms with E-state index in [1.54, 1.807) is 12.1 Å². The highest BCUT2D eigenvalue weighted by Gasteiger charge is 2.17. The number of rotatable bonds is 4. The monoisotopic (exact) mass is 337 g/mol. The van der Waals surface area contributed by atoms with Gasteiger partial charge in [-0.15, -0.1) is 0 Å². The van der Waals surface area contributed by atoms with Gasteiger partial charge >= 0.3 is 11.7 Å². The first-order valence-corrected chi connectivity index (χ1v) is 6.16. The predicted molar refractivity (Wildman–Crippen MR) is 75.3 cm³/mol. The number of hydrogen-bond donors (Lipinski definition) is 2. The van der Waals surface area contributed by atoms with E-state index in [0.717, 1.165) is 6.20 Å². The highest BCUT2D eigenvalue weighted by atomic mass is 79.9. The van der Waals surface area contributed by atoms with Crippen LogP contribution in [0.1, 0.15) is 10.4 Å². The van der Waals surface area contributed by atoms with E-state index in [1.807, 2.05) is 0 Å². The average molecular weight is 338 g/mol. The lowest BCUT2D eigenvalue weighted by Gasteiger charge is -2.09. The molecule has 0 amide bonds. The minimum absolute atomic E-state index is 0.0860. The first-order valence-electron chi connectivity index (χ1n) is 5.37. The molecule has 1 aromatic heterocycles. The standard InChI is InChI=1S/C12H8BrN3O4/c13-9-5-14-6-10(16(19)20)11(9)15-8-3-1-2-7(4-8)12(17)18/h1-6H,(H,14,15)(H,17,18). The number of nitro groups is 1. The number of hydrogen-bond acceptors (Lipinski definition) is 5. The summed E-state index contributed by atoms with van der Waals surface area (Å²) in [6, 6.07) is 5.98. The lowest BCUT2D eigenvalue weighted by molar-refractivity contribution is -0.384. The van der Waals surface area contributed by atoms with Gasteiger partial charge in [0.1, 0.15) is 11.9 Å². The Hall–Kier alpha value is -2.48. The van der Waals surface area contributed by atoms with Crippen molar-refractivity contribution >= 4 is 39.0 Å². The van der Waals surface area contributed by atoms with Crippen LogP contribution in [0.15, 0.2) is 41.1 Å². The molecule has 0 spiro atoms. The zero-order valence-corrected chi connectivity index (χ0v) is 11.5. The van der Waals surface area contributed by atoms with Crippen LogP contribution in [0.25, 0.3) is 0 Å². The quantitative estimate of drug-likeness (QED) is 0.655. The average Bonchev–Trinajstić information content (AvgIpc) is 2.41. The van der Waals surface area contributed by atoms with Gasteiger partial charge in [-0.2, -0.15) is 0 Å². The Morgan fingerprint density at radius 3 is 2.80 bits per heavy atom. The SMILES string of the molecule is O=C(O)c1cccc(Nc2c(Br)cncc2[N+](=O)[O-])c1. The van der Waals surface area contributed by atoms with Gasteiger partial charge in [-0.25, -0.2) is 4.79 Å². The van der Waals surface area contributed by atoms with E-state index in [4.69, 9.17) is 5.11 Å². The molecule has 2 N–H and O–H groups in total. The third kappa shape index (κ3) is 2.91. The second-order valence-electron chi connectivity index (χ2n) is 3.78. The van der Waals surface area contributed by atoms with Crippen molar-refractivity contribution in [2.24, 2.45) is 0 Å². The molecule has 102 valence electrons. The first-order chi connectivity index (χ1) is 9.49. The number of nitrogens with zero attached hydrogens (tertiary/aromatic N) is 2. The number of carbonyl (C=O) groups is 1. The molecule has 8 heteroatoms. The summed E-state index contributed by atoms with van der Waals surface area (Å²) < 4.78 is 0.410. The van der Waals surface area contributed by atoms with E-state index in [0.29, 0.717) is 10.2 Å². The van der Waals surface area contributed by atoms with E-state index in [-0.39, 0.29) is 16.9 Å². The van der Waals surface area contributed by atoms with Crippen LogP contribution in [-0.4, -0.2) is 21.0 Å². The van der Waals surface area contributed by atoms with Crippen molar-refractivity contribution in [3.05, 3.63) is 56.8 Å². The zero-order valence-electron chi connectivity index (χ0n) is 9.91. The second kappa shape index (κ2) is 5.66. The van der Waals surface area contributed by atoms with Crippen molar-refractivity contribution < 1.29 is 14.8 Å². The Morgan fingerprint density at radius 1 is 1.40 bits per heavy atom. The van der Waals surface area contributed by atoms with Gasteiger partial charge in [-0.3, -0.25) is 15.1 Å². The summed E-state index contributed by atoms with van der Waals surface area (Å²) >= 11 is 3.17. The second-order valence-corrected chi connectivity index (χ2v) is 4.64. The minimum atomic E-state index is -1.07. The molecule has 0 radical (unpaired) electrons. The Kier molecular flexibility index (Phi) is 3.94. The topological polar surface area (TPSA) is 105 Å². The summed E-state index contributed by atoms with van der Waals surface area (Å²) in [4.78, 5) is 25.0. The van der Waals surface area contributed by atoms with Crippen LogP contribution in [-0.2, 0) is 0 Å². The van der Waals surface area contributed by atoms with Gasteiger partial charge in [0.25, 0.3) is 0 Å². The van der Waals surface area contributed by atoms with E-state index < -0.39 is 10.9 Å². The number of pyridine rings is 1. The fourth-order valence-corrected chi connectivity index (χ4v) is 1.98. The Morgan fingerprint density at radius 2 is 2.15 bits per heavy atom. The van der Waals surface area contributed by atoms with Crippen molar-refractivity contribution in [3.63, 3.8) is 0 Å². The Bertz CT molecular complexity index is 690. The summed E-state index contributed by atoms with van der Waals surface area (Å²) in [6.07, 6.45) is 2.53. The van der Waals surface area contributed by atoms with Gasteiger partial charge in [-0.1, -0.05) is 6.07 Å². The lowest BCUT2D eigenvalue weighted by atomic mass is 10.2. The zero-order chi connectivity index (χ0) is 14.7. The van der Waals surface area contributed by atoms with Crippen LogP contribution in [0, 0.1) is 10.1 Å². The molecule has 0 saturated heterocycles. The van der Waals surface area contributed by atoms with Gasteiger partial charge in [0.05, 0.1) is 15.0 Å². The molecule has 0 bridgehead atoms. The molecule has 0 aliphatic carbocycles. The number of anilines is 2. The Labute approximate surface area is 121 Å². The third-order valence-corrected chi connectivity index (χ3v) is 3.06. The van der Waals surface area contributed by atoms with Crippen molar-refractivity contribution in [3.8, 4) is 0 Å². The number of halogens is 1. The fraction of sp³-hybridized carbons (Fsp3) is 0. The van der Waals surface area contributed by atoms with Crippen LogP contribution >= 0.6 is 15.9 Å². The van der Waals surface area contributed by atoms with Gasteiger partial charge in [0.15, 0.2) is 0 Å². The Balaban J connectivity index is 2.42. The highest BCUT2D eigenvalue weighted by Crippen LogP contribution is 2.33. The number of aromatic nitrogens is 1. The molecule has 2 rings (SSSR count). The van der Waals surface area contributed by atoms with Crippen molar-refractivity contribution in [2.45, 2.75) is 0 Å². The molecule has 0 saturated carbocycles. The number of aromatic carboxylic acids is 1. The van der Waals surface area contributed by atoms with Crippen LogP contribution in [0.3, 0.4) is 0 Å². The van der Waals surface area contributed by atoms with Crippen LogP contribution in [0.5, 0.6) is 0 Å². The third-order valence-electron chi connectivity index (χ3n) is 2.46. The van der Waals surface area contributed by atoms with Gasteiger partial charge in [-0.05, 0) is 34.1 Å². The van der Waals surface area contributed by atoms with E-state index in [2.05, 4.69) is 26.2 Å². The predicted octanol–water partition coefficient (Wildman–Crippen LogP) is 3.19. The fourth-order valence-electron chi connectivity index (χ4n) is 1.56. The highest BCUT2D eigenvalue weighted by molar-refractivity contribution is 9.10. The summed E-state index contributed by atoms with van der Waals surface area (Å²) in [5, 5.41) is 22.7. The van der Waals surface area contributed by atoms with Crippen LogP contribution < -0.4 is 5.32 Å². The molecule has 2 aromatic rings. The van der Waals surface area contributed by atoms with Crippen molar-refractivity contribution in [1.29, 1.82) is 0 Å². The maximum absolute atomic E-state index is 10.9. The van der Waals surface area contributed by atoms with E-state index >= 15 is 0 Å². The lowest BCUT2D eigenvalue weighted by Crippen LogP contribution is -2.01. The molecule has 20 heavy (non-hydrogen) atoms. The summed E-state index contributed by atoms with van der Waals surface area (Å²) in [6.45, 7) is 0. The van der Waals surface area contributed by atoms with Gasteiger partial charge < -0.3 is 10.4 Å². The number of carboxylic acids is 1. The van der Waals surface area contributed by atoms with E-state index in [1.165, 1.54) is 18.3 Å². The molecular formula is C12H8BrN3O4. The van der Waals surface area contributed by atoms with Crippen molar-refractivity contribution in [1.82, 2.24) is 4.98 Å². The normalized spacial score (nSPS) is 10.1. The van der Waals surface area contributed by atoms with Crippen LogP contribution in [0.4, 0.5) is 17.1 Å². The number of carboxylic acid groups (broad SMARTS) is 1. The molecule has 7 nitrogen and oxygen atoms in total. The van der Waals surface area contributed by atoms with Crippen molar-refractivity contribution in [2.75, 3.05) is 5.32 Å². The smallest absolute Gasteiger partial charge is 0.335 e. The molecule has 1 aromatic carbocycles. The summed E-state index contributed by atoms with van der Waals surface area (Å²) in [5.41, 5.74) is 0.523. The van der Waals surface area contributed by atoms with Gasteiger partial charge in [0.2, 0.25) is 0 Å². The summed E-state index contributed by atoms with van der Waals surface area (Å²) in [5.74, 6) is -1.07. The number of nitrogens with one attached hydrogen (secondary N) is 1. The minimum Gasteiger partial charge on any atom is -0.478 e. The maximum atomic E-state index is 10.9. The molecule has 0 aliphatic heterocycles. The molecular weight excluding hydrogens is 330 g/mol. The largest absolute Gasteiger partial charge is 0.478 e.